The number of hydrogen-bond donors (Lipinski definition) is 4. The Hall–Kier alpha value is -3.54. The molecule has 1 aliphatic carbocycles. The second-order valence-electron chi connectivity index (χ2n) is 9.16. The quantitative estimate of drug-likeness (QED) is 0.404. The number of carbonyl (C=O) groups is 3. The van der Waals surface area contributed by atoms with Crippen molar-refractivity contribution < 1.29 is 19.1 Å². The monoisotopic (exact) mass is 465 g/mol. The minimum absolute atomic E-state index is 0.0848. The van der Waals surface area contributed by atoms with Gasteiger partial charge in [-0.05, 0) is 49.8 Å². The summed E-state index contributed by atoms with van der Waals surface area (Å²) >= 11 is 0. The topological polar surface area (TPSA) is 136 Å². The maximum Gasteiger partial charge on any atom is 0.268 e. The maximum atomic E-state index is 13.1. The highest BCUT2D eigenvalue weighted by atomic mass is 16.5. The van der Waals surface area contributed by atoms with Crippen LogP contribution in [0.3, 0.4) is 0 Å². The maximum absolute atomic E-state index is 13.1. The minimum Gasteiger partial charge on any atom is -0.493 e. The molecule has 1 aromatic heterocycles. The summed E-state index contributed by atoms with van der Waals surface area (Å²) in [4.78, 5) is 41.1. The van der Waals surface area contributed by atoms with Crippen LogP contribution in [-0.4, -0.2) is 47.9 Å². The lowest BCUT2D eigenvalue weighted by atomic mass is 9.98. The molecule has 0 bridgehead atoms. The van der Waals surface area contributed by atoms with Gasteiger partial charge in [-0.25, -0.2) is 0 Å². The zero-order valence-electron chi connectivity index (χ0n) is 19.4. The number of benzene rings is 1. The summed E-state index contributed by atoms with van der Waals surface area (Å²) in [6.45, 7) is 3.20. The number of nitriles is 1. The summed E-state index contributed by atoms with van der Waals surface area (Å²) in [7, 11) is 0. The SMILES string of the molecule is CCCOc1cccc2[nH]c(C(=O)N[C@@H](CC3CC3)C(=O)N[C@H](C#N)C[C@@H]3CCNC3=O)cc12. The fraction of sp³-hybridized carbons (Fsp3) is 0.520. The van der Waals surface area contributed by atoms with Crippen molar-refractivity contribution in [1.82, 2.24) is 20.9 Å². The number of nitrogens with one attached hydrogen (secondary N) is 4. The Bertz CT molecular complexity index is 1100. The first-order chi connectivity index (χ1) is 16.5. The third kappa shape index (κ3) is 5.68. The van der Waals surface area contributed by atoms with Gasteiger partial charge in [-0.2, -0.15) is 5.26 Å². The van der Waals surface area contributed by atoms with E-state index in [1.54, 1.807) is 6.07 Å². The van der Waals surface area contributed by atoms with Crippen molar-refractivity contribution in [2.24, 2.45) is 11.8 Å². The summed E-state index contributed by atoms with van der Waals surface area (Å²) in [5, 5.41) is 18.7. The average Bonchev–Trinajstić information content (AvgIpc) is 3.39. The standard InChI is InChI=1S/C25H31N5O4/c1-2-10-34-22-5-3-4-19-18(22)13-21(29-19)25(33)30-20(11-15-6-7-15)24(32)28-17(14-26)12-16-8-9-27-23(16)31/h3-5,13,15-17,20,29H,2,6-12H2,1H3,(H,27,31)(H,28,32)(H,30,33)/t16-,17-,20-/m0/s1. The van der Waals surface area contributed by atoms with E-state index in [1.165, 1.54) is 0 Å². The Morgan fingerprint density at radius 2 is 2.06 bits per heavy atom. The van der Waals surface area contributed by atoms with E-state index < -0.39 is 18.0 Å². The second kappa shape index (κ2) is 10.6. The average molecular weight is 466 g/mol. The summed E-state index contributed by atoms with van der Waals surface area (Å²) < 4.78 is 5.79. The van der Waals surface area contributed by atoms with E-state index in [1.807, 2.05) is 25.1 Å². The summed E-state index contributed by atoms with van der Waals surface area (Å²) in [5.74, 6) is -0.0607. The number of ether oxygens (including phenoxy) is 1. The van der Waals surface area contributed by atoms with Gasteiger partial charge >= 0.3 is 0 Å². The molecule has 2 heterocycles. The van der Waals surface area contributed by atoms with Gasteiger partial charge in [0.2, 0.25) is 11.8 Å². The molecule has 1 aromatic carbocycles. The molecule has 1 saturated heterocycles. The van der Waals surface area contributed by atoms with E-state index in [0.717, 1.165) is 30.2 Å². The zero-order chi connectivity index (χ0) is 24.1. The number of aromatic nitrogens is 1. The smallest absolute Gasteiger partial charge is 0.268 e. The summed E-state index contributed by atoms with van der Waals surface area (Å²) in [6.07, 6.45) is 4.36. The molecule has 3 amide bonds. The summed E-state index contributed by atoms with van der Waals surface area (Å²) in [5.41, 5.74) is 1.12. The van der Waals surface area contributed by atoms with E-state index >= 15 is 0 Å². The fourth-order valence-corrected chi connectivity index (χ4v) is 4.31. The minimum atomic E-state index is -0.786. The van der Waals surface area contributed by atoms with Gasteiger partial charge in [-0.15, -0.1) is 0 Å². The van der Waals surface area contributed by atoms with Crippen LogP contribution in [0.1, 0.15) is 55.9 Å². The summed E-state index contributed by atoms with van der Waals surface area (Å²) in [6, 6.07) is 7.88. The van der Waals surface area contributed by atoms with E-state index in [0.29, 0.717) is 43.4 Å². The van der Waals surface area contributed by atoms with Gasteiger partial charge in [0.1, 0.15) is 23.5 Å². The van der Waals surface area contributed by atoms with Crippen molar-refractivity contribution in [3.63, 3.8) is 0 Å². The van der Waals surface area contributed by atoms with E-state index in [2.05, 4.69) is 27.0 Å². The van der Waals surface area contributed by atoms with Gasteiger partial charge in [-0.3, -0.25) is 14.4 Å². The first-order valence-corrected chi connectivity index (χ1v) is 12.0. The number of carbonyl (C=O) groups excluding carboxylic acids is 3. The van der Waals surface area contributed by atoms with E-state index in [9.17, 15) is 19.6 Å². The molecule has 4 N–H and O–H groups in total. The number of fused-ring (bicyclic) bond motifs is 1. The van der Waals surface area contributed by atoms with Crippen molar-refractivity contribution in [3.8, 4) is 11.8 Å². The van der Waals surface area contributed by atoms with Crippen molar-refractivity contribution in [3.05, 3.63) is 30.0 Å². The molecule has 2 aliphatic rings. The van der Waals surface area contributed by atoms with Crippen LogP contribution in [0.15, 0.2) is 24.3 Å². The lowest BCUT2D eigenvalue weighted by molar-refractivity contribution is -0.125. The van der Waals surface area contributed by atoms with Crippen LogP contribution in [0.5, 0.6) is 5.75 Å². The third-order valence-corrected chi connectivity index (χ3v) is 6.37. The molecule has 9 nitrogen and oxygen atoms in total. The van der Waals surface area contributed by atoms with Crippen molar-refractivity contribution in [2.45, 2.75) is 57.5 Å². The van der Waals surface area contributed by atoms with Crippen molar-refractivity contribution >= 4 is 28.6 Å². The molecule has 3 atom stereocenters. The Morgan fingerprint density at radius 3 is 2.74 bits per heavy atom. The molecular formula is C25H31N5O4. The molecule has 1 aliphatic heterocycles. The van der Waals surface area contributed by atoms with Crippen LogP contribution in [0.4, 0.5) is 0 Å². The van der Waals surface area contributed by atoms with Crippen molar-refractivity contribution in [1.29, 1.82) is 5.26 Å². The highest BCUT2D eigenvalue weighted by Gasteiger charge is 2.33. The Labute approximate surface area is 198 Å². The number of rotatable bonds is 11. The zero-order valence-corrected chi connectivity index (χ0v) is 19.4. The molecule has 2 aromatic rings. The van der Waals surface area contributed by atoms with Gasteiger partial charge in [0.05, 0.1) is 12.7 Å². The van der Waals surface area contributed by atoms with Crippen LogP contribution >= 0.6 is 0 Å². The highest BCUT2D eigenvalue weighted by Crippen LogP contribution is 2.34. The Kier molecular flexibility index (Phi) is 7.36. The van der Waals surface area contributed by atoms with Crippen LogP contribution in [0.2, 0.25) is 0 Å². The molecule has 1 saturated carbocycles. The van der Waals surface area contributed by atoms with Gasteiger partial charge in [0.15, 0.2) is 0 Å². The predicted octanol–water partition coefficient (Wildman–Crippen LogP) is 2.39. The van der Waals surface area contributed by atoms with E-state index in [4.69, 9.17) is 4.74 Å². The van der Waals surface area contributed by atoms with Crippen molar-refractivity contribution in [2.75, 3.05) is 13.2 Å². The van der Waals surface area contributed by atoms with Crippen LogP contribution in [0, 0.1) is 23.2 Å². The third-order valence-electron chi connectivity index (χ3n) is 6.37. The van der Waals surface area contributed by atoms with Gasteiger partial charge < -0.3 is 25.7 Å². The number of nitrogens with zero attached hydrogens (tertiary/aromatic N) is 1. The predicted molar refractivity (Wildman–Crippen MR) is 126 cm³/mol. The molecule has 180 valence electrons. The Balaban J connectivity index is 1.44. The normalized spacial score (nSPS) is 19.2. The molecule has 0 spiro atoms. The van der Waals surface area contributed by atoms with Crippen LogP contribution in [-0.2, 0) is 9.59 Å². The molecule has 4 rings (SSSR count). The van der Waals surface area contributed by atoms with Gasteiger partial charge in [0.25, 0.3) is 5.91 Å². The molecular weight excluding hydrogens is 434 g/mol. The number of aromatic amines is 1. The molecule has 34 heavy (non-hydrogen) atoms. The van der Waals surface area contributed by atoms with Gasteiger partial charge in [0, 0.05) is 23.4 Å². The second-order valence-corrected chi connectivity index (χ2v) is 9.16. The van der Waals surface area contributed by atoms with Crippen LogP contribution < -0.4 is 20.7 Å². The number of amides is 3. The first-order valence-electron chi connectivity index (χ1n) is 12.0. The molecule has 2 fully saturated rings. The molecule has 0 radical (unpaired) electrons. The van der Waals surface area contributed by atoms with Crippen LogP contribution in [0.25, 0.3) is 10.9 Å². The highest BCUT2D eigenvalue weighted by molar-refractivity contribution is 6.01. The molecule has 9 heteroatoms. The largest absolute Gasteiger partial charge is 0.493 e. The fourth-order valence-electron chi connectivity index (χ4n) is 4.31. The van der Waals surface area contributed by atoms with Gasteiger partial charge in [-0.1, -0.05) is 25.8 Å². The number of H-pyrrole nitrogens is 1. The molecule has 0 unspecified atom stereocenters. The Morgan fingerprint density at radius 1 is 1.24 bits per heavy atom. The lowest BCUT2D eigenvalue weighted by Gasteiger charge is -2.21. The lowest BCUT2D eigenvalue weighted by Crippen LogP contribution is -2.50. The first kappa shape index (κ1) is 23.6. The van der Waals surface area contributed by atoms with E-state index in [-0.39, 0.29) is 24.2 Å². The number of hydrogen-bond acceptors (Lipinski definition) is 5.